The summed E-state index contributed by atoms with van der Waals surface area (Å²) in [6.45, 7) is 2.05. The van der Waals surface area contributed by atoms with Crippen LogP contribution >= 0.6 is 0 Å². The molecule has 0 spiro atoms. The van der Waals surface area contributed by atoms with Crippen molar-refractivity contribution in [2.75, 3.05) is 13.1 Å². The van der Waals surface area contributed by atoms with Gasteiger partial charge >= 0.3 is 0 Å². The van der Waals surface area contributed by atoms with Gasteiger partial charge in [-0.05, 0) is 38.3 Å². The van der Waals surface area contributed by atoms with Crippen molar-refractivity contribution in [3.63, 3.8) is 0 Å². The van der Waals surface area contributed by atoms with Crippen LogP contribution < -0.4 is 11.1 Å². The van der Waals surface area contributed by atoms with Crippen LogP contribution in [0.1, 0.15) is 50.4 Å². The van der Waals surface area contributed by atoms with Crippen LogP contribution in [0.3, 0.4) is 0 Å². The van der Waals surface area contributed by atoms with Gasteiger partial charge in [-0.25, -0.2) is 0 Å². The summed E-state index contributed by atoms with van der Waals surface area (Å²) in [6, 6.07) is 2.34. The molecule has 2 aromatic rings. The second-order valence-electron chi connectivity index (χ2n) is 6.47. The van der Waals surface area contributed by atoms with Gasteiger partial charge in [0.2, 0.25) is 0 Å². The van der Waals surface area contributed by atoms with Crippen molar-refractivity contribution in [2.24, 2.45) is 5.73 Å². The molecule has 1 saturated heterocycles. The molecule has 7 heteroatoms. The van der Waals surface area contributed by atoms with E-state index < -0.39 is 5.54 Å². The van der Waals surface area contributed by atoms with Gasteiger partial charge in [0.25, 0.3) is 5.89 Å². The number of nitrogens with one attached hydrogen (secondary N) is 1. The summed E-state index contributed by atoms with van der Waals surface area (Å²) in [5.41, 5.74) is 6.68. The lowest BCUT2D eigenvalue weighted by Crippen LogP contribution is -2.34. The fourth-order valence-electron chi connectivity index (χ4n) is 3.47. The average Bonchev–Trinajstić information content (AvgIpc) is 3.28. The predicted octanol–water partition coefficient (Wildman–Crippen LogP) is 1.59. The smallest absolute Gasteiger partial charge is 0.278 e. The molecule has 1 aliphatic heterocycles. The van der Waals surface area contributed by atoms with Gasteiger partial charge in [-0.15, -0.1) is 0 Å². The Morgan fingerprint density at radius 1 is 1.32 bits per heavy atom. The number of nitrogens with two attached hydrogens (primary N) is 1. The van der Waals surface area contributed by atoms with Gasteiger partial charge in [0.15, 0.2) is 11.5 Å². The minimum Gasteiger partial charge on any atom is -0.332 e. The van der Waals surface area contributed by atoms with E-state index in [1.54, 1.807) is 0 Å². The molecule has 2 aromatic heterocycles. The molecule has 1 saturated carbocycles. The van der Waals surface area contributed by atoms with Gasteiger partial charge in [-0.1, -0.05) is 18.0 Å². The summed E-state index contributed by atoms with van der Waals surface area (Å²) < 4.78 is 7.40. The van der Waals surface area contributed by atoms with Crippen LogP contribution in [-0.4, -0.2) is 33.0 Å². The maximum absolute atomic E-state index is 6.38. The first-order valence-corrected chi connectivity index (χ1v) is 8.14. The second kappa shape index (κ2) is 5.48. The van der Waals surface area contributed by atoms with Gasteiger partial charge < -0.3 is 15.6 Å². The van der Waals surface area contributed by atoms with E-state index in [1.165, 1.54) is 6.42 Å². The molecule has 118 valence electrons. The highest BCUT2D eigenvalue weighted by Crippen LogP contribution is 2.35. The van der Waals surface area contributed by atoms with Crippen LogP contribution in [0, 0.1) is 0 Å². The molecule has 3 heterocycles. The lowest BCUT2D eigenvalue weighted by Gasteiger charge is -2.22. The van der Waals surface area contributed by atoms with Crippen molar-refractivity contribution in [3.05, 3.63) is 18.1 Å². The first-order valence-electron chi connectivity index (χ1n) is 8.14. The monoisotopic (exact) mass is 302 g/mol. The summed E-state index contributed by atoms with van der Waals surface area (Å²) in [7, 11) is 0. The maximum atomic E-state index is 6.38. The third kappa shape index (κ3) is 2.44. The molecule has 1 unspecified atom stereocenters. The fraction of sp³-hybridized carbons (Fsp3) is 0.667. The van der Waals surface area contributed by atoms with Gasteiger partial charge in [-0.3, -0.25) is 4.68 Å². The number of hydrogen-bond acceptors (Lipinski definition) is 6. The molecule has 0 amide bonds. The number of piperidine rings is 1. The summed E-state index contributed by atoms with van der Waals surface area (Å²) in [4.78, 5) is 4.50. The molecule has 2 aliphatic rings. The Kier molecular flexibility index (Phi) is 3.46. The highest BCUT2D eigenvalue weighted by atomic mass is 16.5. The minimum absolute atomic E-state index is 0.403. The van der Waals surface area contributed by atoms with Gasteiger partial charge in [0, 0.05) is 12.7 Å². The summed E-state index contributed by atoms with van der Waals surface area (Å²) >= 11 is 0. The van der Waals surface area contributed by atoms with Crippen LogP contribution in [-0.2, 0) is 5.54 Å². The highest BCUT2D eigenvalue weighted by Gasteiger charge is 2.36. The Labute approximate surface area is 129 Å². The molecule has 0 bridgehead atoms. The lowest BCUT2D eigenvalue weighted by molar-refractivity contribution is 0.345. The molecule has 2 fully saturated rings. The maximum Gasteiger partial charge on any atom is 0.278 e. The van der Waals surface area contributed by atoms with Crippen molar-refractivity contribution in [1.29, 1.82) is 0 Å². The molecule has 7 nitrogen and oxygen atoms in total. The zero-order valence-corrected chi connectivity index (χ0v) is 12.7. The Morgan fingerprint density at radius 2 is 2.18 bits per heavy atom. The fourth-order valence-corrected chi connectivity index (χ4v) is 3.47. The highest BCUT2D eigenvalue weighted by molar-refractivity contribution is 5.45. The van der Waals surface area contributed by atoms with Gasteiger partial charge in [0.05, 0.1) is 11.6 Å². The van der Waals surface area contributed by atoms with Gasteiger partial charge in [-0.2, -0.15) is 10.1 Å². The minimum atomic E-state index is -0.419. The number of rotatable bonds is 3. The summed E-state index contributed by atoms with van der Waals surface area (Å²) in [6.07, 6.45) is 8.43. The van der Waals surface area contributed by atoms with Crippen molar-refractivity contribution >= 4 is 0 Å². The van der Waals surface area contributed by atoms with E-state index in [2.05, 4.69) is 20.6 Å². The first-order chi connectivity index (χ1) is 10.7. The molecule has 0 radical (unpaired) electrons. The molecule has 1 atom stereocenters. The Hall–Kier alpha value is -1.73. The topological polar surface area (TPSA) is 94.8 Å². The van der Waals surface area contributed by atoms with E-state index in [0.29, 0.717) is 17.8 Å². The molecule has 0 aromatic carbocycles. The summed E-state index contributed by atoms with van der Waals surface area (Å²) in [5, 5.41) is 12.1. The van der Waals surface area contributed by atoms with E-state index in [-0.39, 0.29) is 0 Å². The van der Waals surface area contributed by atoms with E-state index in [1.807, 2.05) is 16.9 Å². The zero-order valence-electron chi connectivity index (χ0n) is 12.7. The Bertz CT molecular complexity index is 636. The van der Waals surface area contributed by atoms with Crippen molar-refractivity contribution in [3.8, 4) is 11.6 Å². The van der Waals surface area contributed by atoms with Crippen molar-refractivity contribution < 1.29 is 4.52 Å². The third-order valence-electron chi connectivity index (χ3n) is 4.84. The van der Waals surface area contributed by atoms with Crippen LogP contribution in [0.2, 0.25) is 0 Å². The number of nitrogens with zero attached hydrogens (tertiary/aromatic N) is 4. The van der Waals surface area contributed by atoms with Crippen molar-refractivity contribution in [2.45, 2.75) is 50.1 Å². The van der Waals surface area contributed by atoms with Gasteiger partial charge in [0.1, 0.15) is 0 Å². The third-order valence-corrected chi connectivity index (χ3v) is 4.84. The lowest BCUT2D eigenvalue weighted by atomic mass is 9.99. The number of hydrogen-bond donors (Lipinski definition) is 2. The Morgan fingerprint density at radius 3 is 2.95 bits per heavy atom. The molecule has 1 aliphatic carbocycles. The van der Waals surface area contributed by atoms with Crippen LogP contribution in [0.4, 0.5) is 0 Å². The molecule has 3 N–H and O–H groups in total. The molecule has 4 rings (SSSR count). The molecule has 22 heavy (non-hydrogen) atoms. The molecular formula is C15H22N6O. The zero-order chi connectivity index (χ0) is 15.0. The van der Waals surface area contributed by atoms with E-state index >= 15 is 0 Å². The van der Waals surface area contributed by atoms with E-state index in [0.717, 1.165) is 50.9 Å². The summed E-state index contributed by atoms with van der Waals surface area (Å²) in [5.74, 6) is 1.09. The van der Waals surface area contributed by atoms with Crippen molar-refractivity contribution in [1.82, 2.24) is 25.2 Å². The Balaban J connectivity index is 1.55. The van der Waals surface area contributed by atoms with E-state index in [9.17, 15) is 0 Å². The SMILES string of the molecule is NC1(c2noc(-c3ccn(C4CCCNC4)n3)n2)CCCC1. The quantitative estimate of drug-likeness (QED) is 0.894. The van der Waals surface area contributed by atoms with Crippen LogP contribution in [0.15, 0.2) is 16.8 Å². The first kappa shape index (κ1) is 13.9. The van der Waals surface area contributed by atoms with Crippen LogP contribution in [0.5, 0.6) is 0 Å². The van der Waals surface area contributed by atoms with Crippen LogP contribution in [0.25, 0.3) is 11.6 Å². The standard InChI is InChI=1S/C15H22N6O/c16-15(6-1-2-7-15)14-18-13(22-20-14)12-5-9-21(19-12)11-4-3-8-17-10-11/h5,9,11,17H,1-4,6-8,10,16H2. The van der Waals surface area contributed by atoms with E-state index in [4.69, 9.17) is 10.3 Å². The second-order valence-corrected chi connectivity index (χ2v) is 6.47. The number of aromatic nitrogens is 4. The largest absolute Gasteiger partial charge is 0.332 e. The average molecular weight is 302 g/mol. The molecular weight excluding hydrogens is 280 g/mol. The predicted molar refractivity (Wildman–Crippen MR) is 81.0 cm³/mol. The normalized spacial score (nSPS) is 24.7.